The zero-order valence-electron chi connectivity index (χ0n) is 18.0. The van der Waals surface area contributed by atoms with Gasteiger partial charge in [-0.25, -0.2) is 4.79 Å². The van der Waals surface area contributed by atoms with Crippen molar-refractivity contribution < 1.29 is 14.3 Å². The van der Waals surface area contributed by atoms with Gasteiger partial charge in [0, 0.05) is 41.4 Å². The van der Waals surface area contributed by atoms with E-state index in [4.69, 9.17) is 32.7 Å². The van der Waals surface area contributed by atoms with E-state index in [0.29, 0.717) is 41.3 Å². The molecule has 0 amide bonds. The van der Waals surface area contributed by atoms with Crippen molar-refractivity contribution in [2.24, 2.45) is 0 Å². The molecule has 1 aliphatic rings. The summed E-state index contributed by atoms with van der Waals surface area (Å²) in [6.07, 6.45) is 6.12. The van der Waals surface area contributed by atoms with Crippen LogP contribution in [0.2, 0.25) is 10.0 Å². The van der Waals surface area contributed by atoms with Crippen LogP contribution in [0.3, 0.4) is 0 Å². The number of ether oxygens (including phenoxy) is 2. The third-order valence-electron chi connectivity index (χ3n) is 5.53. The van der Waals surface area contributed by atoms with Gasteiger partial charge in [-0.1, -0.05) is 36.5 Å². The van der Waals surface area contributed by atoms with Crippen molar-refractivity contribution in [1.82, 2.24) is 4.57 Å². The molecule has 8 heteroatoms. The minimum absolute atomic E-state index is 0.129. The molecule has 1 aromatic carbocycles. The number of esters is 1. The summed E-state index contributed by atoms with van der Waals surface area (Å²) in [6, 6.07) is 7.36. The number of rotatable bonds is 8. The van der Waals surface area contributed by atoms with Crippen molar-refractivity contribution in [3.05, 3.63) is 56.4 Å². The lowest BCUT2D eigenvalue weighted by atomic mass is 9.99. The second-order valence-electron chi connectivity index (χ2n) is 7.84. The number of nitriles is 1. The smallest absolute Gasteiger partial charge is 0.329 e. The van der Waals surface area contributed by atoms with Gasteiger partial charge in [-0.05, 0) is 43.9 Å². The average Bonchev–Trinajstić information content (AvgIpc) is 2.79. The highest BCUT2D eigenvalue weighted by atomic mass is 35.5. The van der Waals surface area contributed by atoms with E-state index >= 15 is 0 Å². The van der Waals surface area contributed by atoms with E-state index in [1.165, 1.54) is 16.8 Å². The Morgan fingerprint density at radius 2 is 2.12 bits per heavy atom. The number of halogens is 2. The van der Waals surface area contributed by atoms with Crippen molar-refractivity contribution in [3.63, 3.8) is 0 Å². The van der Waals surface area contributed by atoms with Gasteiger partial charge in [0.1, 0.15) is 6.04 Å². The zero-order chi connectivity index (χ0) is 23.1. The summed E-state index contributed by atoms with van der Waals surface area (Å²) in [5.74, 6) is -0.473. The largest absolute Gasteiger partial charge is 0.464 e. The van der Waals surface area contributed by atoms with Crippen LogP contribution in [0.1, 0.15) is 57.1 Å². The maximum atomic E-state index is 13.1. The van der Waals surface area contributed by atoms with Crippen molar-refractivity contribution >= 4 is 29.2 Å². The van der Waals surface area contributed by atoms with Crippen LogP contribution in [0.15, 0.2) is 35.3 Å². The fourth-order valence-corrected chi connectivity index (χ4v) is 4.22. The maximum Gasteiger partial charge on any atom is 0.329 e. The van der Waals surface area contributed by atoms with Crippen molar-refractivity contribution in [2.45, 2.75) is 57.6 Å². The summed E-state index contributed by atoms with van der Waals surface area (Å²) < 4.78 is 12.6. The number of benzene rings is 1. The molecule has 0 spiro atoms. The van der Waals surface area contributed by atoms with Crippen molar-refractivity contribution in [3.8, 4) is 17.2 Å². The van der Waals surface area contributed by atoms with Gasteiger partial charge in [0.2, 0.25) is 0 Å². The van der Waals surface area contributed by atoms with Gasteiger partial charge in [-0.3, -0.25) is 9.36 Å². The summed E-state index contributed by atoms with van der Waals surface area (Å²) in [4.78, 5) is 26.0. The van der Waals surface area contributed by atoms with Gasteiger partial charge in [0.05, 0.1) is 29.4 Å². The minimum Gasteiger partial charge on any atom is -0.464 e. The Morgan fingerprint density at radius 3 is 2.81 bits per heavy atom. The van der Waals surface area contributed by atoms with E-state index in [1.807, 2.05) is 6.92 Å². The SMILES string of the molecule is CCCCOC(=O)C(C[C@@H]1CCCCO1)n1cc(Cl)c(-c2cc(Cl)ccc2C#N)cc1=O. The Morgan fingerprint density at radius 1 is 1.31 bits per heavy atom. The Bertz CT molecular complexity index is 1050. The molecule has 32 heavy (non-hydrogen) atoms. The van der Waals surface area contributed by atoms with Crippen LogP contribution >= 0.6 is 23.2 Å². The number of aromatic nitrogens is 1. The Kier molecular flexibility index (Phi) is 8.75. The molecule has 1 aliphatic heterocycles. The molecule has 170 valence electrons. The molecule has 2 atom stereocenters. The molecule has 2 heterocycles. The quantitative estimate of drug-likeness (QED) is 0.369. The molecule has 1 aromatic heterocycles. The molecule has 6 nitrogen and oxygen atoms in total. The average molecular weight is 477 g/mol. The van der Waals surface area contributed by atoms with E-state index < -0.39 is 17.6 Å². The summed E-state index contributed by atoms with van der Waals surface area (Å²) in [6.45, 7) is 2.95. The first-order valence-electron chi connectivity index (χ1n) is 10.8. The highest BCUT2D eigenvalue weighted by Crippen LogP contribution is 2.32. The van der Waals surface area contributed by atoms with Crippen LogP contribution in [0.25, 0.3) is 11.1 Å². The molecule has 0 saturated carbocycles. The normalized spacial score (nSPS) is 16.9. The first kappa shape index (κ1) is 24.3. The predicted octanol–water partition coefficient (Wildman–Crippen LogP) is 5.54. The van der Waals surface area contributed by atoms with E-state index in [-0.39, 0.29) is 11.1 Å². The number of carbonyl (C=O) groups is 1. The predicted molar refractivity (Wildman–Crippen MR) is 124 cm³/mol. The van der Waals surface area contributed by atoms with Gasteiger partial charge in [0.25, 0.3) is 5.56 Å². The lowest BCUT2D eigenvalue weighted by molar-refractivity contribution is -0.149. The molecule has 0 aliphatic carbocycles. The number of nitrogens with zero attached hydrogens (tertiary/aromatic N) is 2. The zero-order valence-corrected chi connectivity index (χ0v) is 19.5. The Labute approximate surface area is 197 Å². The highest BCUT2D eigenvalue weighted by molar-refractivity contribution is 6.33. The van der Waals surface area contributed by atoms with Gasteiger partial charge in [0.15, 0.2) is 0 Å². The second-order valence-corrected chi connectivity index (χ2v) is 8.69. The molecule has 0 bridgehead atoms. The summed E-state index contributed by atoms with van der Waals surface area (Å²) in [7, 11) is 0. The fourth-order valence-electron chi connectivity index (χ4n) is 3.79. The minimum atomic E-state index is -0.844. The number of hydrogen-bond donors (Lipinski definition) is 0. The Balaban J connectivity index is 1.98. The molecule has 1 saturated heterocycles. The van der Waals surface area contributed by atoms with Gasteiger partial charge in [-0.15, -0.1) is 0 Å². The highest BCUT2D eigenvalue weighted by Gasteiger charge is 2.29. The van der Waals surface area contributed by atoms with E-state index in [0.717, 1.165) is 32.1 Å². The summed E-state index contributed by atoms with van der Waals surface area (Å²) >= 11 is 12.6. The Hall–Kier alpha value is -2.33. The molecule has 1 unspecified atom stereocenters. The maximum absolute atomic E-state index is 13.1. The topological polar surface area (TPSA) is 81.3 Å². The number of pyridine rings is 1. The number of carbonyl (C=O) groups excluding carboxylic acids is 1. The first-order valence-corrected chi connectivity index (χ1v) is 11.6. The van der Waals surface area contributed by atoms with E-state index in [9.17, 15) is 14.9 Å². The molecule has 2 aromatic rings. The monoisotopic (exact) mass is 476 g/mol. The van der Waals surface area contributed by atoms with Crippen LogP contribution in [-0.2, 0) is 14.3 Å². The lowest BCUT2D eigenvalue weighted by Gasteiger charge is -2.27. The molecule has 3 rings (SSSR count). The summed E-state index contributed by atoms with van der Waals surface area (Å²) in [5.41, 5.74) is 0.784. The summed E-state index contributed by atoms with van der Waals surface area (Å²) in [5, 5.41) is 10.1. The van der Waals surface area contributed by atoms with Gasteiger partial charge >= 0.3 is 5.97 Å². The van der Waals surface area contributed by atoms with Crippen LogP contribution in [0.4, 0.5) is 0 Å². The molecular formula is C24H26Cl2N2O4. The first-order chi connectivity index (χ1) is 15.4. The van der Waals surface area contributed by atoms with Crippen LogP contribution in [0.5, 0.6) is 0 Å². The van der Waals surface area contributed by atoms with Crippen molar-refractivity contribution in [2.75, 3.05) is 13.2 Å². The fraction of sp³-hybridized carbons (Fsp3) is 0.458. The van der Waals surface area contributed by atoms with Crippen LogP contribution in [-0.4, -0.2) is 29.9 Å². The molecule has 1 fully saturated rings. The second kappa shape index (κ2) is 11.5. The van der Waals surface area contributed by atoms with Crippen molar-refractivity contribution in [1.29, 1.82) is 5.26 Å². The van der Waals surface area contributed by atoms with Crippen LogP contribution < -0.4 is 5.56 Å². The lowest BCUT2D eigenvalue weighted by Crippen LogP contribution is -2.35. The van der Waals surface area contributed by atoms with Crippen LogP contribution in [0, 0.1) is 11.3 Å². The third-order valence-corrected chi connectivity index (χ3v) is 6.07. The number of unbranched alkanes of at least 4 members (excludes halogenated alkanes) is 1. The molecule has 0 radical (unpaired) electrons. The third kappa shape index (κ3) is 5.92. The van der Waals surface area contributed by atoms with Gasteiger partial charge < -0.3 is 9.47 Å². The number of hydrogen-bond acceptors (Lipinski definition) is 5. The van der Waals surface area contributed by atoms with Gasteiger partial charge in [-0.2, -0.15) is 5.26 Å². The van der Waals surface area contributed by atoms with E-state index in [1.54, 1.807) is 18.2 Å². The standard InChI is InChI=1S/C24H26Cl2N2O4/c1-2-3-9-32-24(30)22(12-18-6-4-5-10-31-18)28-15-21(26)20(13-23(28)29)19-11-17(25)8-7-16(19)14-27/h7-8,11,13,15,18,22H,2-6,9-10,12H2,1H3/t18-,22?/m0/s1. The molecular weight excluding hydrogens is 451 g/mol. The van der Waals surface area contributed by atoms with E-state index in [2.05, 4.69) is 6.07 Å². The molecule has 0 N–H and O–H groups in total.